The van der Waals surface area contributed by atoms with E-state index in [4.69, 9.17) is 0 Å². The van der Waals surface area contributed by atoms with Crippen LogP contribution in [0.1, 0.15) is 44.2 Å². The molecule has 1 radical (unpaired) electrons. The van der Waals surface area contributed by atoms with Crippen LogP contribution in [0.5, 0.6) is 0 Å². The fourth-order valence-corrected chi connectivity index (χ4v) is 4.64. The van der Waals surface area contributed by atoms with Gasteiger partial charge in [-0.25, -0.2) is 9.67 Å². The maximum atomic E-state index is 13.8. The Bertz CT molecular complexity index is 1080. The van der Waals surface area contributed by atoms with Gasteiger partial charge in [-0.1, -0.05) is 56.3 Å². The standard InChI is InChI=1S/C27H32N5O2/c1-21(2)14-25(29-17-22-8-4-3-5-9-22)26(34)31-13-7-12-27(31,18-33)16-23-10-6-11-24(15-23)32-20-28-19-30-32/h3-6,8-11,15-16,18-21,25,29H,7,12-14,17H2,1-2H3/t25-,27+/m1/s1. The van der Waals surface area contributed by atoms with Crippen LogP contribution in [0.15, 0.2) is 67.3 Å². The van der Waals surface area contributed by atoms with Crippen LogP contribution in [0, 0.1) is 12.3 Å². The topological polar surface area (TPSA) is 80.1 Å². The van der Waals surface area contributed by atoms with Gasteiger partial charge in [0.15, 0.2) is 0 Å². The number of nitrogens with zero attached hydrogens (tertiary/aromatic N) is 4. The summed E-state index contributed by atoms with van der Waals surface area (Å²) in [4.78, 5) is 32.1. The minimum absolute atomic E-state index is 0.0158. The van der Waals surface area contributed by atoms with Gasteiger partial charge >= 0.3 is 0 Å². The smallest absolute Gasteiger partial charge is 0.240 e. The van der Waals surface area contributed by atoms with Gasteiger partial charge in [-0.2, -0.15) is 5.10 Å². The van der Waals surface area contributed by atoms with Crippen molar-refractivity contribution in [1.29, 1.82) is 0 Å². The van der Waals surface area contributed by atoms with Crippen molar-refractivity contribution in [1.82, 2.24) is 25.0 Å². The number of hydrogen-bond acceptors (Lipinski definition) is 5. The average Bonchev–Trinajstić information content (AvgIpc) is 3.53. The summed E-state index contributed by atoms with van der Waals surface area (Å²) >= 11 is 0. The molecule has 0 aliphatic carbocycles. The Hall–Kier alpha value is -3.32. The summed E-state index contributed by atoms with van der Waals surface area (Å²) in [7, 11) is 0. The molecule has 1 N–H and O–H groups in total. The third-order valence-corrected chi connectivity index (χ3v) is 6.30. The number of rotatable bonds is 10. The Labute approximate surface area is 201 Å². The molecule has 7 heteroatoms. The van der Waals surface area contributed by atoms with Crippen molar-refractivity contribution < 1.29 is 9.59 Å². The van der Waals surface area contributed by atoms with Gasteiger partial charge in [0.25, 0.3) is 0 Å². The molecule has 0 bridgehead atoms. The zero-order chi connectivity index (χ0) is 24.0. The van der Waals surface area contributed by atoms with Gasteiger partial charge in [0.05, 0.1) is 11.7 Å². The normalized spacial score (nSPS) is 18.9. The van der Waals surface area contributed by atoms with E-state index in [0.717, 1.165) is 29.5 Å². The maximum Gasteiger partial charge on any atom is 0.240 e. The molecule has 0 spiro atoms. The molecule has 1 aliphatic heterocycles. The predicted octanol–water partition coefficient (Wildman–Crippen LogP) is 3.58. The summed E-state index contributed by atoms with van der Waals surface area (Å²) in [6, 6.07) is 17.5. The third-order valence-electron chi connectivity index (χ3n) is 6.30. The highest BCUT2D eigenvalue weighted by molar-refractivity contribution is 5.88. The van der Waals surface area contributed by atoms with Gasteiger partial charge in [-0.05, 0) is 48.4 Å². The fourth-order valence-electron chi connectivity index (χ4n) is 4.64. The number of carbonyl (C=O) groups is 2. The molecule has 4 rings (SSSR count). The van der Waals surface area contributed by atoms with Crippen molar-refractivity contribution in [2.24, 2.45) is 5.92 Å². The van der Waals surface area contributed by atoms with E-state index in [1.807, 2.05) is 61.0 Å². The molecule has 34 heavy (non-hydrogen) atoms. The number of aldehydes is 1. The molecule has 1 amide bonds. The van der Waals surface area contributed by atoms with Crippen LogP contribution in [0.3, 0.4) is 0 Å². The van der Waals surface area contributed by atoms with Gasteiger partial charge in [-0.3, -0.25) is 4.79 Å². The monoisotopic (exact) mass is 458 g/mol. The number of nitrogens with one attached hydrogen (secondary N) is 1. The van der Waals surface area contributed by atoms with E-state index in [2.05, 4.69) is 29.2 Å². The second-order valence-electron chi connectivity index (χ2n) is 9.33. The number of hydrogen-bond donors (Lipinski definition) is 1. The largest absolute Gasteiger partial charge is 0.328 e. The van der Waals surface area contributed by atoms with E-state index in [1.54, 1.807) is 15.9 Å². The lowest BCUT2D eigenvalue weighted by molar-refractivity contribution is -0.140. The van der Waals surface area contributed by atoms with Crippen LogP contribution in [-0.2, 0) is 16.1 Å². The predicted molar refractivity (Wildman–Crippen MR) is 131 cm³/mol. The minimum atomic E-state index is -0.957. The number of carbonyl (C=O) groups excluding carboxylic acids is 2. The van der Waals surface area contributed by atoms with Gasteiger partial charge in [-0.15, -0.1) is 0 Å². The molecule has 2 atom stereocenters. The van der Waals surface area contributed by atoms with E-state index in [1.165, 1.54) is 6.33 Å². The molecule has 3 aromatic rings. The summed E-state index contributed by atoms with van der Waals surface area (Å²) in [6.45, 7) is 5.40. The van der Waals surface area contributed by atoms with Crippen LogP contribution in [-0.4, -0.2) is 50.0 Å². The summed E-state index contributed by atoms with van der Waals surface area (Å²) in [5.41, 5.74) is 1.90. The third kappa shape index (κ3) is 5.42. The average molecular weight is 459 g/mol. The lowest BCUT2D eigenvalue weighted by atomic mass is 9.88. The van der Waals surface area contributed by atoms with Gasteiger partial charge in [0.1, 0.15) is 24.5 Å². The van der Waals surface area contributed by atoms with Crippen molar-refractivity contribution in [2.75, 3.05) is 6.54 Å². The van der Waals surface area contributed by atoms with E-state index in [0.29, 0.717) is 31.8 Å². The Morgan fingerprint density at radius 3 is 2.71 bits per heavy atom. The number of aromatic nitrogens is 3. The first-order chi connectivity index (χ1) is 16.5. The molecule has 1 aromatic heterocycles. The van der Waals surface area contributed by atoms with Crippen LogP contribution < -0.4 is 5.32 Å². The highest BCUT2D eigenvalue weighted by Gasteiger charge is 2.45. The highest BCUT2D eigenvalue weighted by Crippen LogP contribution is 2.34. The second kappa shape index (κ2) is 10.7. The van der Waals surface area contributed by atoms with E-state index >= 15 is 0 Å². The van der Waals surface area contributed by atoms with Crippen molar-refractivity contribution in [3.8, 4) is 5.69 Å². The van der Waals surface area contributed by atoms with Crippen molar-refractivity contribution in [3.63, 3.8) is 0 Å². The summed E-state index contributed by atoms with van der Waals surface area (Å²) in [5, 5.41) is 7.64. The Kier molecular flexibility index (Phi) is 7.53. The van der Waals surface area contributed by atoms with E-state index in [9.17, 15) is 9.59 Å². The molecular formula is C27H32N5O2. The second-order valence-corrected chi connectivity index (χ2v) is 9.33. The summed E-state index contributed by atoms with van der Waals surface area (Å²) < 4.78 is 1.68. The number of benzene rings is 2. The lowest BCUT2D eigenvalue weighted by Gasteiger charge is -2.36. The minimum Gasteiger partial charge on any atom is -0.328 e. The highest BCUT2D eigenvalue weighted by atomic mass is 16.2. The van der Waals surface area contributed by atoms with Crippen LogP contribution in [0.2, 0.25) is 0 Å². The molecule has 0 unspecified atom stereocenters. The fraction of sp³-hybridized carbons (Fsp3) is 0.370. The zero-order valence-corrected chi connectivity index (χ0v) is 19.8. The van der Waals surface area contributed by atoms with Crippen molar-refractivity contribution in [3.05, 3.63) is 84.8 Å². The lowest BCUT2D eigenvalue weighted by Crippen LogP contribution is -2.55. The molecular weight excluding hydrogens is 426 g/mol. The van der Waals surface area contributed by atoms with Crippen LogP contribution >= 0.6 is 0 Å². The van der Waals surface area contributed by atoms with E-state index in [-0.39, 0.29) is 11.9 Å². The maximum absolute atomic E-state index is 13.8. The first-order valence-corrected chi connectivity index (χ1v) is 11.9. The SMILES string of the molecule is CC(C)C[C@@H](NCc1ccccc1)C(=O)N1CCC[C@]1([CH]c1cccc(-n2cncn2)c1)C=O. The molecule has 1 saturated heterocycles. The van der Waals surface area contributed by atoms with E-state index < -0.39 is 5.54 Å². The van der Waals surface area contributed by atoms with Gasteiger partial charge in [0, 0.05) is 19.5 Å². The van der Waals surface area contributed by atoms with Crippen LogP contribution in [0.4, 0.5) is 0 Å². The quantitative estimate of drug-likeness (QED) is 0.470. The molecule has 1 fully saturated rings. The molecule has 2 heterocycles. The molecule has 0 saturated carbocycles. The molecule has 2 aromatic carbocycles. The molecule has 177 valence electrons. The van der Waals surface area contributed by atoms with Crippen molar-refractivity contribution in [2.45, 2.75) is 51.2 Å². The molecule has 1 aliphatic rings. The first kappa shape index (κ1) is 23.8. The zero-order valence-electron chi connectivity index (χ0n) is 19.8. The Balaban J connectivity index is 1.54. The van der Waals surface area contributed by atoms with Crippen LogP contribution in [0.25, 0.3) is 5.69 Å². The van der Waals surface area contributed by atoms with Gasteiger partial charge in [0.2, 0.25) is 5.91 Å². The van der Waals surface area contributed by atoms with Crippen molar-refractivity contribution >= 4 is 12.2 Å². The molecule has 7 nitrogen and oxygen atoms in total. The number of likely N-dealkylation sites (tertiary alicyclic amines) is 1. The Morgan fingerprint density at radius 1 is 1.18 bits per heavy atom. The summed E-state index contributed by atoms with van der Waals surface area (Å²) in [5.74, 6) is 0.326. The number of amides is 1. The first-order valence-electron chi connectivity index (χ1n) is 11.9. The van der Waals surface area contributed by atoms with Gasteiger partial charge < -0.3 is 15.0 Å². The summed E-state index contributed by atoms with van der Waals surface area (Å²) in [6.07, 6.45) is 8.09. The Morgan fingerprint density at radius 2 is 2.00 bits per heavy atom.